The summed E-state index contributed by atoms with van der Waals surface area (Å²) in [7, 11) is 0. The first-order chi connectivity index (χ1) is 7.81. The largest absolute Gasteiger partial charge is 0.381 e. The van der Waals surface area contributed by atoms with Crippen LogP contribution in [0.4, 0.5) is 5.69 Å². The van der Waals surface area contributed by atoms with E-state index in [0.29, 0.717) is 6.04 Å². The number of nitrogens with zero attached hydrogens (tertiary/aromatic N) is 1. The van der Waals surface area contributed by atoms with Gasteiger partial charge >= 0.3 is 0 Å². The number of aromatic nitrogens is 1. The van der Waals surface area contributed by atoms with Gasteiger partial charge in [0.1, 0.15) is 0 Å². The normalized spacial score (nSPS) is 25.4. The fraction of sp³-hybridized carbons (Fsp3) is 0.643. The van der Waals surface area contributed by atoms with Gasteiger partial charge in [-0.25, -0.2) is 0 Å². The van der Waals surface area contributed by atoms with Crippen molar-refractivity contribution in [3.8, 4) is 0 Å². The SMILES string of the molecule is CCC1CCCCC1Nc1cnccc1C. The van der Waals surface area contributed by atoms with Crippen LogP contribution in [0.15, 0.2) is 18.5 Å². The minimum absolute atomic E-state index is 0.654. The summed E-state index contributed by atoms with van der Waals surface area (Å²) < 4.78 is 0. The van der Waals surface area contributed by atoms with Gasteiger partial charge in [-0.05, 0) is 37.3 Å². The van der Waals surface area contributed by atoms with Crippen LogP contribution in [-0.4, -0.2) is 11.0 Å². The average molecular weight is 218 g/mol. The van der Waals surface area contributed by atoms with Gasteiger partial charge < -0.3 is 5.32 Å². The molecule has 0 amide bonds. The monoisotopic (exact) mass is 218 g/mol. The Morgan fingerprint density at radius 3 is 2.94 bits per heavy atom. The van der Waals surface area contributed by atoms with Crippen LogP contribution in [0.2, 0.25) is 0 Å². The maximum absolute atomic E-state index is 4.20. The highest BCUT2D eigenvalue weighted by Gasteiger charge is 2.23. The molecule has 1 N–H and O–H groups in total. The molecular weight excluding hydrogens is 196 g/mol. The van der Waals surface area contributed by atoms with Crippen LogP contribution in [0.3, 0.4) is 0 Å². The van der Waals surface area contributed by atoms with Crippen LogP contribution in [0, 0.1) is 12.8 Å². The highest BCUT2D eigenvalue weighted by Crippen LogP contribution is 2.29. The van der Waals surface area contributed by atoms with Crippen molar-refractivity contribution in [2.24, 2.45) is 5.92 Å². The standard InChI is InChI=1S/C14H22N2/c1-3-12-6-4-5-7-13(12)16-14-10-15-9-8-11(14)2/h8-10,12-13,16H,3-7H2,1-2H3. The van der Waals surface area contributed by atoms with Gasteiger partial charge in [-0.1, -0.05) is 26.2 Å². The molecule has 2 rings (SSSR count). The molecule has 0 aliphatic heterocycles. The summed E-state index contributed by atoms with van der Waals surface area (Å²) in [5.74, 6) is 0.841. The minimum atomic E-state index is 0.654. The van der Waals surface area contributed by atoms with Gasteiger partial charge in [0.2, 0.25) is 0 Å². The summed E-state index contributed by atoms with van der Waals surface area (Å²) in [4.78, 5) is 4.20. The predicted octanol–water partition coefficient (Wildman–Crippen LogP) is 3.77. The van der Waals surface area contributed by atoms with E-state index < -0.39 is 0 Å². The molecule has 2 nitrogen and oxygen atoms in total. The third-order valence-electron chi connectivity index (χ3n) is 3.81. The topological polar surface area (TPSA) is 24.9 Å². The molecule has 1 aromatic heterocycles. The molecule has 1 aliphatic rings. The first-order valence-corrected chi connectivity index (χ1v) is 6.48. The lowest BCUT2D eigenvalue weighted by Gasteiger charge is -2.32. The Hall–Kier alpha value is -1.05. The third-order valence-corrected chi connectivity index (χ3v) is 3.81. The van der Waals surface area contributed by atoms with Crippen LogP contribution in [0.25, 0.3) is 0 Å². The smallest absolute Gasteiger partial charge is 0.0558 e. The number of hydrogen-bond donors (Lipinski definition) is 1. The van der Waals surface area contributed by atoms with Gasteiger partial charge in [-0.2, -0.15) is 0 Å². The van der Waals surface area contributed by atoms with Gasteiger partial charge in [0, 0.05) is 12.2 Å². The number of nitrogens with one attached hydrogen (secondary N) is 1. The van der Waals surface area contributed by atoms with E-state index in [1.165, 1.54) is 43.4 Å². The average Bonchev–Trinajstić information content (AvgIpc) is 2.33. The van der Waals surface area contributed by atoms with Crippen molar-refractivity contribution in [3.63, 3.8) is 0 Å². The molecule has 0 radical (unpaired) electrons. The summed E-state index contributed by atoms with van der Waals surface area (Å²) in [6.07, 6.45) is 10.6. The van der Waals surface area contributed by atoms with Gasteiger partial charge in [-0.15, -0.1) is 0 Å². The quantitative estimate of drug-likeness (QED) is 0.835. The fourth-order valence-corrected chi connectivity index (χ4v) is 2.70. The van der Waals surface area contributed by atoms with E-state index in [4.69, 9.17) is 0 Å². The Balaban J connectivity index is 2.05. The molecule has 0 saturated heterocycles. The molecule has 1 saturated carbocycles. The van der Waals surface area contributed by atoms with Crippen LogP contribution in [-0.2, 0) is 0 Å². The van der Waals surface area contributed by atoms with Crippen LogP contribution >= 0.6 is 0 Å². The van der Waals surface area contributed by atoms with Gasteiger partial charge in [-0.3, -0.25) is 4.98 Å². The highest BCUT2D eigenvalue weighted by atomic mass is 14.9. The molecule has 1 aromatic rings. The lowest BCUT2D eigenvalue weighted by Crippen LogP contribution is -2.32. The molecule has 2 heteroatoms. The number of anilines is 1. The Kier molecular flexibility index (Phi) is 3.81. The van der Waals surface area contributed by atoms with E-state index in [-0.39, 0.29) is 0 Å². The molecule has 88 valence electrons. The Bertz CT molecular complexity index is 335. The first kappa shape index (κ1) is 11.4. The van der Waals surface area contributed by atoms with Crippen molar-refractivity contribution in [1.82, 2.24) is 4.98 Å². The zero-order valence-electron chi connectivity index (χ0n) is 10.4. The lowest BCUT2D eigenvalue weighted by atomic mass is 9.83. The molecule has 0 spiro atoms. The van der Waals surface area contributed by atoms with Gasteiger partial charge in [0.05, 0.1) is 11.9 Å². The summed E-state index contributed by atoms with van der Waals surface area (Å²) in [6, 6.07) is 2.73. The molecule has 2 unspecified atom stereocenters. The van der Waals surface area contributed by atoms with Gasteiger partial charge in [0.25, 0.3) is 0 Å². The summed E-state index contributed by atoms with van der Waals surface area (Å²) in [5, 5.41) is 3.69. The summed E-state index contributed by atoms with van der Waals surface area (Å²) >= 11 is 0. The van der Waals surface area contributed by atoms with Crippen LogP contribution in [0.1, 0.15) is 44.6 Å². The van der Waals surface area contributed by atoms with E-state index in [2.05, 4.69) is 30.2 Å². The number of hydrogen-bond acceptors (Lipinski definition) is 2. The molecule has 0 aromatic carbocycles. The Labute approximate surface area is 98.5 Å². The Morgan fingerprint density at radius 1 is 1.38 bits per heavy atom. The van der Waals surface area contributed by atoms with Crippen LogP contribution in [0.5, 0.6) is 0 Å². The van der Waals surface area contributed by atoms with Crippen LogP contribution < -0.4 is 5.32 Å². The maximum atomic E-state index is 4.20. The number of rotatable bonds is 3. The number of pyridine rings is 1. The molecule has 16 heavy (non-hydrogen) atoms. The third kappa shape index (κ3) is 2.55. The van der Waals surface area contributed by atoms with Crippen molar-refractivity contribution in [2.75, 3.05) is 5.32 Å². The van der Waals surface area contributed by atoms with Crippen molar-refractivity contribution in [3.05, 3.63) is 24.0 Å². The lowest BCUT2D eigenvalue weighted by molar-refractivity contribution is 0.317. The van der Waals surface area contributed by atoms with Crippen molar-refractivity contribution in [1.29, 1.82) is 0 Å². The molecule has 2 atom stereocenters. The van der Waals surface area contributed by atoms with E-state index in [1.807, 2.05) is 12.4 Å². The van der Waals surface area contributed by atoms with E-state index >= 15 is 0 Å². The zero-order chi connectivity index (χ0) is 11.4. The maximum Gasteiger partial charge on any atom is 0.0558 e. The second kappa shape index (κ2) is 5.33. The Morgan fingerprint density at radius 2 is 2.19 bits per heavy atom. The second-order valence-electron chi connectivity index (χ2n) is 4.89. The van der Waals surface area contributed by atoms with Gasteiger partial charge in [0.15, 0.2) is 0 Å². The predicted molar refractivity (Wildman–Crippen MR) is 68.6 cm³/mol. The molecule has 1 aliphatic carbocycles. The second-order valence-corrected chi connectivity index (χ2v) is 4.89. The molecule has 1 fully saturated rings. The van der Waals surface area contributed by atoms with E-state index in [9.17, 15) is 0 Å². The summed E-state index contributed by atoms with van der Waals surface area (Å²) in [6.45, 7) is 4.45. The zero-order valence-corrected chi connectivity index (χ0v) is 10.4. The molecular formula is C14H22N2. The molecule has 0 bridgehead atoms. The van der Waals surface area contributed by atoms with Crippen molar-refractivity contribution >= 4 is 5.69 Å². The minimum Gasteiger partial charge on any atom is -0.381 e. The van der Waals surface area contributed by atoms with E-state index in [1.54, 1.807) is 0 Å². The first-order valence-electron chi connectivity index (χ1n) is 6.48. The highest BCUT2D eigenvalue weighted by molar-refractivity contribution is 5.48. The van der Waals surface area contributed by atoms with Crippen molar-refractivity contribution in [2.45, 2.75) is 52.0 Å². The fourth-order valence-electron chi connectivity index (χ4n) is 2.70. The van der Waals surface area contributed by atoms with Crippen molar-refractivity contribution < 1.29 is 0 Å². The summed E-state index contributed by atoms with van der Waals surface area (Å²) in [5.41, 5.74) is 2.52. The van der Waals surface area contributed by atoms with E-state index in [0.717, 1.165) is 5.92 Å². The number of aryl methyl sites for hydroxylation is 1. The molecule has 1 heterocycles.